The molecular weight excluding hydrogens is 200 g/mol. The first kappa shape index (κ1) is 11.9. The van der Waals surface area contributed by atoms with Gasteiger partial charge in [-0.25, -0.2) is 0 Å². The van der Waals surface area contributed by atoms with Crippen LogP contribution >= 0.6 is 0 Å². The molecule has 2 aliphatic rings. The molecule has 0 bridgehead atoms. The van der Waals surface area contributed by atoms with Crippen LogP contribution in [0, 0.1) is 16.7 Å². The van der Waals surface area contributed by atoms with E-state index in [1.165, 1.54) is 0 Å². The second-order valence-corrected chi connectivity index (χ2v) is 6.39. The Morgan fingerprint density at radius 2 is 1.94 bits per heavy atom. The van der Waals surface area contributed by atoms with Crippen molar-refractivity contribution in [2.45, 2.75) is 46.6 Å². The van der Waals surface area contributed by atoms with Gasteiger partial charge in [-0.2, -0.15) is 0 Å². The Bertz CT molecular complexity index is 276. The van der Waals surface area contributed by atoms with Crippen LogP contribution in [0.3, 0.4) is 0 Å². The summed E-state index contributed by atoms with van der Waals surface area (Å²) in [5, 5.41) is 6.33. The molecule has 0 aromatic rings. The highest BCUT2D eigenvalue weighted by atomic mass is 16.2. The van der Waals surface area contributed by atoms with Gasteiger partial charge in [-0.3, -0.25) is 4.79 Å². The van der Waals surface area contributed by atoms with E-state index in [-0.39, 0.29) is 11.9 Å². The minimum absolute atomic E-state index is 0.0602. The summed E-state index contributed by atoms with van der Waals surface area (Å²) in [4.78, 5) is 11.8. The van der Waals surface area contributed by atoms with Crippen LogP contribution in [0.15, 0.2) is 0 Å². The third-order valence-electron chi connectivity index (χ3n) is 5.18. The summed E-state index contributed by atoms with van der Waals surface area (Å²) >= 11 is 0. The maximum atomic E-state index is 11.8. The maximum absolute atomic E-state index is 11.8. The minimum atomic E-state index is 0.0602. The minimum Gasteiger partial charge on any atom is -0.354 e. The molecule has 1 aliphatic heterocycles. The Balaban J connectivity index is 1.79. The topological polar surface area (TPSA) is 41.1 Å². The van der Waals surface area contributed by atoms with Crippen LogP contribution in [-0.2, 0) is 4.79 Å². The van der Waals surface area contributed by atoms with E-state index >= 15 is 0 Å². The number of nitrogens with one attached hydrogen (secondary N) is 2. The van der Waals surface area contributed by atoms with Gasteiger partial charge < -0.3 is 10.6 Å². The van der Waals surface area contributed by atoms with Crippen molar-refractivity contribution in [2.24, 2.45) is 16.7 Å². The summed E-state index contributed by atoms with van der Waals surface area (Å²) in [6.45, 7) is 11.0. The van der Waals surface area contributed by atoms with E-state index in [0.717, 1.165) is 25.9 Å². The van der Waals surface area contributed by atoms with Gasteiger partial charge in [0.05, 0.1) is 6.04 Å². The first-order valence-corrected chi connectivity index (χ1v) is 6.38. The van der Waals surface area contributed by atoms with Crippen LogP contribution in [0.2, 0.25) is 0 Å². The molecule has 1 saturated carbocycles. The van der Waals surface area contributed by atoms with Crippen molar-refractivity contribution in [2.75, 3.05) is 13.1 Å². The molecule has 0 radical (unpaired) electrons. The fourth-order valence-electron chi connectivity index (χ4n) is 3.08. The number of amides is 1. The molecule has 2 N–H and O–H groups in total. The first-order valence-electron chi connectivity index (χ1n) is 6.38. The highest BCUT2D eigenvalue weighted by molar-refractivity contribution is 5.82. The van der Waals surface area contributed by atoms with Crippen molar-refractivity contribution < 1.29 is 4.79 Å². The smallest absolute Gasteiger partial charge is 0.237 e. The van der Waals surface area contributed by atoms with Gasteiger partial charge in [-0.15, -0.1) is 0 Å². The summed E-state index contributed by atoms with van der Waals surface area (Å²) in [6, 6.07) is 0.0602. The van der Waals surface area contributed by atoms with E-state index in [1.54, 1.807) is 0 Å². The molecule has 1 amide bonds. The molecule has 1 heterocycles. The summed E-state index contributed by atoms with van der Waals surface area (Å²) < 4.78 is 0. The fourth-order valence-corrected chi connectivity index (χ4v) is 3.08. The predicted octanol–water partition coefficient (Wildman–Crippen LogP) is 1.54. The quantitative estimate of drug-likeness (QED) is 0.763. The lowest BCUT2D eigenvalue weighted by atomic mass is 10.0. The number of hydrogen-bond acceptors (Lipinski definition) is 2. The number of carbonyl (C=O) groups is 1. The molecule has 2 rings (SSSR count). The van der Waals surface area contributed by atoms with Crippen molar-refractivity contribution in [3.05, 3.63) is 0 Å². The second-order valence-electron chi connectivity index (χ2n) is 6.39. The average molecular weight is 224 g/mol. The SMILES string of the molecule is CC1(C)C(CNC(=O)[C@H]2CCCN2)C1(C)C. The number of hydrogen-bond donors (Lipinski definition) is 2. The van der Waals surface area contributed by atoms with Gasteiger partial charge in [-0.1, -0.05) is 27.7 Å². The summed E-state index contributed by atoms with van der Waals surface area (Å²) in [7, 11) is 0. The van der Waals surface area contributed by atoms with Crippen LogP contribution < -0.4 is 10.6 Å². The Kier molecular flexibility index (Phi) is 2.77. The Labute approximate surface area is 98.4 Å². The third-order valence-corrected chi connectivity index (χ3v) is 5.18. The monoisotopic (exact) mass is 224 g/mol. The molecule has 0 unspecified atom stereocenters. The number of rotatable bonds is 3. The van der Waals surface area contributed by atoms with Gasteiger partial charge in [0.15, 0.2) is 0 Å². The predicted molar refractivity (Wildman–Crippen MR) is 65.1 cm³/mol. The Morgan fingerprint density at radius 3 is 2.38 bits per heavy atom. The van der Waals surface area contributed by atoms with E-state index in [2.05, 4.69) is 38.3 Å². The molecule has 3 heteroatoms. The lowest BCUT2D eigenvalue weighted by molar-refractivity contribution is -0.122. The van der Waals surface area contributed by atoms with Gasteiger partial charge >= 0.3 is 0 Å². The molecular formula is C13H24N2O. The second kappa shape index (κ2) is 3.73. The summed E-state index contributed by atoms with van der Waals surface area (Å²) in [5.41, 5.74) is 0.729. The van der Waals surface area contributed by atoms with Gasteiger partial charge in [0.25, 0.3) is 0 Å². The highest BCUT2D eigenvalue weighted by Gasteiger charge is 2.64. The molecule has 92 valence electrons. The van der Waals surface area contributed by atoms with E-state index < -0.39 is 0 Å². The zero-order valence-corrected chi connectivity index (χ0v) is 10.9. The standard InChI is InChI=1S/C13H24N2O/c1-12(2)10(13(12,3)4)8-15-11(16)9-6-5-7-14-9/h9-10,14H,5-8H2,1-4H3,(H,15,16)/t9-/m1/s1. The molecule has 2 fully saturated rings. The van der Waals surface area contributed by atoms with Gasteiger partial charge in [0.1, 0.15) is 0 Å². The normalized spacial score (nSPS) is 31.4. The molecule has 0 aromatic carbocycles. The zero-order valence-electron chi connectivity index (χ0n) is 10.9. The first-order chi connectivity index (χ1) is 7.37. The lowest BCUT2D eigenvalue weighted by Gasteiger charge is -2.11. The number of carbonyl (C=O) groups excluding carboxylic acids is 1. The van der Waals surface area contributed by atoms with Crippen LogP contribution in [0.4, 0.5) is 0 Å². The molecule has 3 nitrogen and oxygen atoms in total. The van der Waals surface area contributed by atoms with Crippen LogP contribution in [0.5, 0.6) is 0 Å². The zero-order chi connectivity index (χ0) is 12.0. The van der Waals surface area contributed by atoms with Crippen LogP contribution in [0.1, 0.15) is 40.5 Å². The third kappa shape index (κ3) is 1.75. The molecule has 1 aliphatic carbocycles. The van der Waals surface area contributed by atoms with Gasteiger partial charge in [-0.05, 0) is 36.1 Å². The largest absolute Gasteiger partial charge is 0.354 e. The van der Waals surface area contributed by atoms with E-state index in [4.69, 9.17) is 0 Å². The van der Waals surface area contributed by atoms with E-state index in [0.29, 0.717) is 16.7 Å². The lowest BCUT2D eigenvalue weighted by Crippen LogP contribution is -2.41. The van der Waals surface area contributed by atoms with Crippen molar-refractivity contribution in [1.29, 1.82) is 0 Å². The van der Waals surface area contributed by atoms with Gasteiger partial charge in [0.2, 0.25) is 5.91 Å². The average Bonchev–Trinajstić information content (AvgIpc) is 2.66. The van der Waals surface area contributed by atoms with Crippen molar-refractivity contribution in [3.63, 3.8) is 0 Å². The van der Waals surface area contributed by atoms with Crippen molar-refractivity contribution in [1.82, 2.24) is 10.6 Å². The van der Waals surface area contributed by atoms with Crippen LogP contribution in [0.25, 0.3) is 0 Å². The molecule has 0 aromatic heterocycles. The fraction of sp³-hybridized carbons (Fsp3) is 0.923. The molecule has 16 heavy (non-hydrogen) atoms. The summed E-state index contributed by atoms with van der Waals surface area (Å²) in [6.07, 6.45) is 2.11. The molecule has 1 saturated heterocycles. The summed E-state index contributed by atoms with van der Waals surface area (Å²) in [5.74, 6) is 0.807. The van der Waals surface area contributed by atoms with Crippen molar-refractivity contribution in [3.8, 4) is 0 Å². The van der Waals surface area contributed by atoms with Crippen LogP contribution in [-0.4, -0.2) is 25.0 Å². The Morgan fingerprint density at radius 1 is 1.31 bits per heavy atom. The Hall–Kier alpha value is -0.570. The van der Waals surface area contributed by atoms with E-state index in [9.17, 15) is 4.79 Å². The maximum Gasteiger partial charge on any atom is 0.237 e. The van der Waals surface area contributed by atoms with Gasteiger partial charge in [0, 0.05) is 6.54 Å². The highest BCUT2D eigenvalue weighted by Crippen LogP contribution is 2.67. The molecule has 0 spiro atoms. The molecule has 1 atom stereocenters. The van der Waals surface area contributed by atoms with Crippen molar-refractivity contribution >= 4 is 5.91 Å². The van der Waals surface area contributed by atoms with E-state index in [1.807, 2.05) is 0 Å².